The van der Waals surface area contributed by atoms with Crippen molar-refractivity contribution < 1.29 is 24.0 Å². The molecule has 1 N–H and O–H groups in total. The first-order valence-corrected chi connectivity index (χ1v) is 8.51. The van der Waals surface area contributed by atoms with Crippen LogP contribution in [0.1, 0.15) is 40.5 Å². The van der Waals surface area contributed by atoms with Crippen LogP contribution in [0.15, 0.2) is 18.2 Å². The lowest BCUT2D eigenvalue weighted by molar-refractivity contribution is -0.425. The molecule has 0 aliphatic carbocycles. The SMILES string of the molecule is CCCOCCN1OCCC(N2C(=O)c3cccc(NC)c3C2=O)O1. The Balaban J connectivity index is 1.70. The Hall–Kier alpha value is -2.00. The van der Waals surface area contributed by atoms with Crippen LogP contribution in [0.5, 0.6) is 0 Å². The molecule has 1 fully saturated rings. The Morgan fingerprint density at radius 2 is 2.12 bits per heavy atom. The maximum absolute atomic E-state index is 12.8. The highest BCUT2D eigenvalue weighted by Gasteiger charge is 2.43. The van der Waals surface area contributed by atoms with Gasteiger partial charge in [-0.05, 0) is 18.6 Å². The van der Waals surface area contributed by atoms with Crippen LogP contribution in [0, 0.1) is 0 Å². The first-order valence-electron chi connectivity index (χ1n) is 8.51. The second-order valence-electron chi connectivity index (χ2n) is 5.81. The third-order valence-electron chi connectivity index (χ3n) is 4.11. The number of carbonyl (C=O) groups is 2. The van der Waals surface area contributed by atoms with Gasteiger partial charge in [0.05, 0.1) is 30.9 Å². The van der Waals surface area contributed by atoms with Gasteiger partial charge in [0, 0.05) is 25.8 Å². The zero-order valence-corrected chi connectivity index (χ0v) is 14.5. The molecule has 136 valence electrons. The third-order valence-corrected chi connectivity index (χ3v) is 4.11. The molecule has 2 heterocycles. The van der Waals surface area contributed by atoms with Crippen molar-refractivity contribution in [1.82, 2.24) is 10.1 Å². The van der Waals surface area contributed by atoms with Gasteiger partial charge in [0.1, 0.15) is 0 Å². The third kappa shape index (κ3) is 3.52. The number of ether oxygens (including phenoxy) is 1. The molecule has 8 heteroatoms. The molecule has 0 saturated carbocycles. The lowest BCUT2D eigenvalue weighted by atomic mass is 10.1. The summed E-state index contributed by atoms with van der Waals surface area (Å²) in [6, 6.07) is 5.18. The molecule has 25 heavy (non-hydrogen) atoms. The number of hydrogen-bond donors (Lipinski definition) is 1. The van der Waals surface area contributed by atoms with Gasteiger partial charge in [-0.25, -0.2) is 9.74 Å². The number of anilines is 1. The zero-order chi connectivity index (χ0) is 17.8. The number of hydroxylamine groups is 2. The molecule has 1 aromatic rings. The summed E-state index contributed by atoms with van der Waals surface area (Å²) in [6.45, 7) is 3.92. The minimum atomic E-state index is -0.683. The van der Waals surface area contributed by atoms with Crippen LogP contribution in [-0.2, 0) is 14.4 Å². The van der Waals surface area contributed by atoms with E-state index in [0.29, 0.717) is 49.6 Å². The molecular formula is C17H23N3O5. The number of fused-ring (bicyclic) bond motifs is 1. The largest absolute Gasteiger partial charge is 0.387 e. The minimum absolute atomic E-state index is 0.341. The Bertz CT molecular complexity index is 651. The van der Waals surface area contributed by atoms with Gasteiger partial charge < -0.3 is 10.1 Å². The van der Waals surface area contributed by atoms with Gasteiger partial charge in [0.25, 0.3) is 11.8 Å². The van der Waals surface area contributed by atoms with Crippen molar-refractivity contribution in [3.63, 3.8) is 0 Å². The van der Waals surface area contributed by atoms with Crippen LogP contribution < -0.4 is 5.32 Å². The van der Waals surface area contributed by atoms with E-state index < -0.39 is 6.23 Å². The van der Waals surface area contributed by atoms with Crippen molar-refractivity contribution in [2.45, 2.75) is 26.0 Å². The van der Waals surface area contributed by atoms with E-state index in [0.717, 1.165) is 6.42 Å². The smallest absolute Gasteiger partial charge is 0.265 e. The average molecular weight is 349 g/mol. The lowest BCUT2D eigenvalue weighted by Crippen LogP contribution is -2.49. The van der Waals surface area contributed by atoms with Crippen molar-refractivity contribution in [3.8, 4) is 0 Å². The zero-order valence-electron chi connectivity index (χ0n) is 14.5. The number of nitrogens with one attached hydrogen (secondary N) is 1. The molecule has 2 aliphatic heterocycles. The summed E-state index contributed by atoms with van der Waals surface area (Å²) in [5.41, 5.74) is 1.42. The first-order chi connectivity index (χ1) is 12.2. The van der Waals surface area contributed by atoms with Crippen LogP contribution in [0.2, 0.25) is 0 Å². The molecule has 2 aliphatic rings. The standard InChI is InChI=1S/C17H23N3O5/c1-3-9-23-11-8-19-24-10-7-14(25-19)20-16(21)12-5-4-6-13(18-2)15(12)17(20)22/h4-6,14,18H,3,7-11H2,1-2H3. The van der Waals surface area contributed by atoms with Gasteiger partial charge in [0.15, 0.2) is 6.23 Å². The van der Waals surface area contributed by atoms with E-state index in [9.17, 15) is 9.59 Å². The Labute approximate surface area is 146 Å². The van der Waals surface area contributed by atoms with Gasteiger partial charge in [0.2, 0.25) is 0 Å². The molecule has 0 spiro atoms. The monoisotopic (exact) mass is 349 g/mol. The molecule has 1 saturated heterocycles. The van der Waals surface area contributed by atoms with Crippen molar-refractivity contribution in [2.24, 2.45) is 0 Å². The molecule has 0 bridgehead atoms. The van der Waals surface area contributed by atoms with E-state index in [1.165, 1.54) is 10.1 Å². The molecule has 3 rings (SSSR count). The van der Waals surface area contributed by atoms with Crippen molar-refractivity contribution in [3.05, 3.63) is 29.3 Å². The van der Waals surface area contributed by atoms with Crippen LogP contribution in [0.3, 0.4) is 0 Å². The summed E-state index contributed by atoms with van der Waals surface area (Å²) >= 11 is 0. The predicted molar refractivity (Wildman–Crippen MR) is 89.7 cm³/mol. The predicted octanol–water partition coefficient (Wildman–Crippen LogP) is 1.65. The Kier molecular flexibility index (Phi) is 5.64. The van der Waals surface area contributed by atoms with E-state index in [1.54, 1.807) is 25.2 Å². The van der Waals surface area contributed by atoms with Crippen molar-refractivity contribution in [2.75, 3.05) is 38.7 Å². The number of benzene rings is 1. The molecule has 1 aromatic carbocycles. The topological polar surface area (TPSA) is 80.3 Å². The highest BCUT2D eigenvalue weighted by atomic mass is 17.0. The van der Waals surface area contributed by atoms with Gasteiger partial charge in [-0.15, -0.1) is 0 Å². The van der Waals surface area contributed by atoms with Gasteiger partial charge in [-0.1, -0.05) is 18.2 Å². The summed E-state index contributed by atoms with van der Waals surface area (Å²) in [5.74, 6) is -0.690. The van der Waals surface area contributed by atoms with Gasteiger partial charge >= 0.3 is 0 Å². The van der Waals surface area contributed by atoms with Crippen LogP contribution in [0.25, 0.3) is 0 Å². The summed E-state index contributed by atoms with van der Waals surface area (Å²) in [6.07, 6.45) is 0.678. The summed E-state index contributed by atoms with van der Waals surface area (Å²) < 4.78 is 5.41. The Morgan fingerprint density at radius 3 is 2.88 bits per heavy atom. The Morgan fingerprint density at radius 1 is 1.28 bits per heavy atom. The minimum Gasteiger partial charge on any atom is -0.387 e. The molecule has 0 radical (unpaired) electrons. The number of imide groups is 1. The highest BCUT2D eigenvalue weighted by molar-refractivity contribution is 6.23. The summed E-state index contributed by atoms with van der Waals surface area (Å²) in [4.78, 5) is 37.8. The van der Waals surface area contributed by atoms with E-state index in [1.807, 2.05) is 6.92 Å². The van der Waals surface area contributed by atoms with E-state index >= 15 is 0 Å². The van der Waals surface area contributed by atoms with Crippen molar-refractivity contribution >= 4 is 17.5 Å². The number of hydrogen-bond acceptors (Lipinski definition) is 7. The summed E-state index contributed by atoms with van der Waals surface area (Å²) in [5, 5.41) is 4.26. The number of carbonyl (C=O) groups excluding carboxylic acids is 2. The number of amides is 2. The van der Waals surface area contributed by atoms with Crippen LogP contribution in [-0.4, -0.2) is 61.6 Å². The van der Waals surface area contributed by atoms with Crippen LogP contribution >= 0.6 is 0 Å². The normalized spacial score (nSPS) is 20.9. The maximum Gasteiger partial charge on any atom is 0.265 e. The molecular weight excluding hydrogens is 326 g/mol. The molecule has 1 atom stereocenters. The molecule has 1 unspecified atom stereocenters. The average Bonchev–Trinajstić information content (AvgIpc) is 2.90. The molecule has 0 aromatic heterocycles. The van der Waals surface area contributed by atoms with Crippen LogP contribution in [0.4, 0.5) is 5.69 Å². The lowest BCUT2D eigenvalue weighted by Gasteiger charge is -2.34. The van der Waals surface area contributed by atoms with Gasteiger partial charge in [-0.2, -0.15) is 0 Å². The van der Waals surface area contributed by atoms with Crippen molar-refractivity contribution in [1.29, 1.82) is 0 Å². The fourth-order valence-electron chi connectivity index (χ4n) is 2.93. The second kappa shape index (κ2) is 7.92. The highest BCUT2D eigenvalue weighted by Crippen LogP contribution is 2.32. The second-order valence-corrected chi connectivity index (χ2v) is 5.81. The van der Waals surface area contributed by atoms with E-state index in [-0.39, 0.29) is 11.8 Å². The van der Waals surface area contributed by atoms with E-state index in [4.69, 9.17) is 14.4 Å². The van der Waals surface area contributed by atoms with Gasteiger partial charge in [-0.3, -0.25) is 14.4 Å². The quantitative estimate of drug-likeness (QED) is 0.592. The number of nitrogens with zero attached hydrogens (tertiary/aromatic N) is 2. The molecule has 8 nitrogen and oxygen atoms in total. The number of rotatable bonds is 7. The first kappa shape index (κ1) is 17.8. The fraction of sp³-hybridized carbons (Fsp3) is 0.529. The summed E-state index contributed by atoms with van der Waals surface area (Å²) in [7, 11) is 1.72. The van der Waals surface area contributed by atoms with E-state index in [2.05, 4.69) is 5.32 Å². The molecule has 2 amide bonds. The maximum atomic E-state index is 12.8. The fourth-order valence-corrected chi connectivity index (χ4v) is 2.93.